The first kappa shape index (κ1) is 12.1. The molecule has 1 aromatic carbocycles. The van der Waals surface area contributed by atoms with Crippen molar-refractivity contribution in [1.82, 2.24) is 4.90 Å². The lowest BCUT2D eigenvalue weighted by Crippen LogP contribution is -2.32. The van der Waals surface area contributed by atoms with E-state index in [1.807, 2.05) is 6.07 Å². The molecule has 1 aliphatic heterocycles. The molecule has 1 aliphatic rings. The first-order valence-electron chi connectivity index (χ1n) is 5.82. The summed E-state index contributed by atoms with van der Waals surface area (Å²) in [5.41, 5.74) is 0.789. The quantitative estimate of drug-likeness (QED) is 0.799. The fourth-order valence-electron chi connectivity index (χ4n) is 2.13. The minimum Gasteiger partial charge on any atom is -0.299 e. The van der Waals surface area contributed by atoms with Gasteiger partial charge in [0.15, 0.2) is 0 Å². The molecule has 0 atom stereocenters. The van der Waals surface area contributed by atoms with E-state index in [9.17, 15) is 4.39 Å². The molecule has 1 heterocycles. The topological polar surface area (TPSA) is 3.24 Å². The number of piperidine rings is 1. The second-order valence-corrected chi connectivity index (χ2v) is 5.51. The maximum atomic E-state index is 13.6. The predicted octanol–water partition coefficient (Wildman–Crippen LogP) is 3.82. The van der Waals surface area contributed by atoms with Crippen LogP contribution < -0.4 is 0 Å². The summed E-state index contributed by atoms with van der Waals surface area (Å²) < 4.78 is 14.5. The van der Waals surface area contributed by atoms with Crippen LogP contribution >= 0.6 is 15.9 Å². The molecule has 0 bridgehead atoms. The first-order chi connectivity index (χ1) is 7.66. The molecule has 1 saturated heterocycles. The van der Waals surface area contributed by atoms with Crippen molar-refractivity contribution in [1.29, 1.82) is 0 Å². The molecular formula is C13H17BrFN. The Bertz CT molecular complexity index is 339. The van der Waals surface area contributed by atoms with Crippen molar-refractivity contribution in [3.05, 3.63) is 34.1 Å². The summed E-state index contributed by atoms with van der Waals surface area (Å²) >= 11 is 3.42. The van der Waals surface area contributed by atoms with Crippen LogP contribution in [0.15, 0.2) is 22.7 Å². The van der Waals surface area contributed by atoms with E-state index in [1.165, 1.54) is 18.9 Å². The van der Waals surface area contributed by atoms with Gasteiger partial charge in [-0.25, -0.2) is 4.39 Å². The van der Waals surface area contributed by atoms with E-state index < -0.39 is 0 Å². The van der Waals surface area contributed by atoms with E-state index >= 15 is 0 Å². The number of hydrogen-bond acceptors (Lipinski definition) is 1. The molecule has 0 saturated carbocycles. The normalized spacial score (nSPS) is 18.9. The Kier molecular flexibility index (Phi) is 3.98. The van der Waals surface area contributed by atoms with Gasteiger partial charge in [0, 0.05) is 16.6 Å². The highest BCUT2D eigenvalue weighted by Crippen LogP contribution is 2.24. The Labute approximate surface area is 105 Å². The minimum absolute atomic E-state index is 0.104. The van der Waals surface area contributed by atoms with Crippen LogP contribution in [-0.4, -0.2) is 18.0 Å². The molecule has 0 amide bonds. The molecule has 1 fully saturated rings. The van der Waals surface area contributed by atoms with E-state index in [0.29, 0.717) is 0 Å². The molecule has 0 aliphatic carbocycles. The zero-order valence-corrected chi connectivity index (χ0v) is 11.1. The molecule has 0 radical (unpaired) electrons. The number of benzene rings is 1. The van der Waals surface area contributed by atoms with Crippen molar-refractivity contribution in [3.8, 4) is 0 Å². The van der Waals surface area contributed by atoms with E-state index in [2.05, 4.69) is 27.8 Å². The molecule has 0 aromatic heterocycles. The highest BCUT2D eigenvalue weighted by molar-refractivity contribution is 9.10. The third-order valence-electron chi connectivity index (χ3n) is 3.32. The summed E-state index contributed by atoms with van der Waals surface area (Å²) in [5.74, 6) is 0.716. The molecule has 16 heavy (non-hydrogen) atoms. The molecule has 0 unspecified atom stereocenters. The number of halogens is 2. The van der Waals surface area contributed by atoms with Crippen molar-refractivity contribution in [2.75, 3.05) is 13.1 Å². The van der Waals surface area contributed by atoms with Crippen LogP contribution in [0.5, 0.6) is 0 Å². The summed E-state index contributed by atoms with van der Waals surface area (Å²) in [7, 11) is 0. The van der Waals surface area contributed by atoms with Gasteiger partial charge in [0.05, 0.1) is 0 Å². The summed E-state index contributed by atoms with van der Waals surface area (Å²) in [6, 6.07) is 5.18. The predicted molar refractivity (Wildman–Crippen MR) is 67.8 cm³/mol. The second kappa shape index (κ2) is 5.28. The van der Waals surface area contributed by atoms with Gasteiger partial charge in [-0.2, -0.15) is 0 Å². The first-order valence-corrected chi connectivity index (χ1v) is 6.61. The van der Waals surface area contributed by atoms with Gasteiger partial charge in [-0.1, -0.05) is 28.9 Å². The fraction of sp³-hybridized carbons (Fsp3) is 0.538. The van der Waals surface area contributed by atoms with Gasteiger partial charge < -0.3 is 0 Å². The maximum absolute atomic E-state index is 13.6. The van der Waals surface area contributed by atoms with Gasteiger partial charge in [0.25, 0.3) is 0 Å². The standard InChI is InChI=1S/C13H17BrFN/c1-10-5-7-16(8-6-10)9-11-12(14)3-2-4-13(11)15/h2-4,10H,5-9H2,1H3. The van der Waals surface area contributed by atoms with Crippen molar-refractivity contribution in [3.63, 3.8) is 0 Å². The summed E-state index contributed by atoms with van der Waals surface area (Å²) in [4.78, 5) is 2.34. The maximum Gasteiger partial charge on any atom is 0.128 e. The van der Waals surface area contributed by atoms with Crippen LogP contribution in [-0.2, 0) is 6.54 Å². The Morgan fingerprint density at radius 3 is 2.69 bits per heavy atom. The van der Waals surface area contributed by atoms with Crippen LogP contribution in [0.4, 0.5) is 4.39 Å². The SMILES string of the molecule is CC1CCN(Cc2c(F)cccc2Br)CC1. The minimum atomic E-state index is -0.104. The highest BCUT2D eigenvalue weighted by atomic mass is 79.9. The largest absolute Gasteiger partial charge is 0.299 e. The van der Waals surface area contributed by atoms with E-state index in [1.54, 1.807) is 6.07 Å². The molecule has 2 rings (SSSR count). The Morgan fingerprint density at radius 1 is 1.38 bits per heavy atom. The summed E-state index contributed by atoms with van der Waals surface area (Å²) in [5, 5.41) is 0. The van der Waals surface area contributed by atoms with Gasteiger partial charge in [-0.05, 0) is 44.0 Å². The third-order valence-corrected chi connectivity index (χ3v) is 4.06. The van der Waals surface area contributed by atoms with Crippen LogP contribution in [0, 0.1) is 11.7 Å². The third kappa shape index (κ3) is 2.83. The number of rotatable bonds is 2. The fourth-order valence-corrected chi connectivity index (χ4v) is 2.59. The lowest BCUT2D eigenvalue weighted by Gasteiger charge is -2.30. The Morgan fingerprint density at radius 2 is 2.06 bits per heavy atom. The van der Waals surface area contributed by atoms with Crippen molar-refractivity contribution in [2.45, 2.75) is 26.3 Å². The number of nitrogens with zero attached hydrogens (tertiary/aromatic N) is 1. The van der Waals surface area contributed by atoms with Crippen LogP contribution in [0.2, 0.25) is 0 Å². The van der Waals surface area contributed by atoms with Gasteiger partial charge in [-0.3, -0.25) is 4.90 Å². The van der Waals surface area contributed by atoms with Crippen molar-refractivity contribution < 1.29 is 4.39 Å². The van der Waals surface area contributed by atoms with E-state index in [0.717, 1.165) is 35.6 Å². The Hall–Kier alpha value is -0.410. The summed E-state index contributed by atoms with van der Waals surface area (Å²) in [6.45, 7) is 5.18. The molecule has 0 N–H and O–H groups in total. The van der Waals surface area contributed by atoms with Crippen LogP contribution in [0.1, 0.15) is 25.3 Å². The zero-order chi connectivity index (χ0) is 11.5. The molecule has 88 valence electrons. The summed E-state index contributed by atoms with van der Waals surface area (Å²) in [6.07, 6.45) is 2.46. The van der Waals surface area contributed by atoms with Crippen LogP contribution in [0.3, 0.4) is 0 Å². The number of hydrogen-bond donors (Lipinski definition) is 0. The molecule has 0 spiro atoms. The number of likely N-dealkylation sites (tertiary alicyclic amines) is 1. The molecular weight excluding hydrogens is 269 g/mol. The molecule has 1 aromatic rings. The molecule has 1 nitrogen and oxygen atoms in total. The average molecular weight is 286 g/mol. The van der Waals surface area contributed by atoms with Crippen LogP contribution in [0.25, 0.3) is 0 Å². The van der Waals surface area contributed by atoms with Gasteiger partial charge in [-0.15, -0.1) is 0 Å². The molecule has 3 heteroatoms. The van der Waals surface area contributed by atoms with Gasteiger partial charge in [0.2, 0.25) is 0 Å². The zero-order valence-electron chi connectivity index (χ0n) is 9.55. The van der Waals surface area contributed by atoms with Gasteiger partial charge in [0.1, 0.15) is 5.82 Å². The van der Waals surface area contributed by atoms with Crippen molar-refractivity contribution >= 4 is 15.9 Å². The lowest BCUT2D eigenvalue weighted by molar-refractivity contribution is 0.183. The van der Waals surface area contributed by atoms with Gasteiger partial charge >= 0.3 is 0 Å². The monoisotopic (exact) mass is 285 g/mol. The second-order valence-electron chi connectivity index (χ2n) is 4.66. The lowest BCUT2D eigenvalue weighted by atomic mass is 9.99. The highest BCUT2D eigenvalue weighted by Gasteiger charge is 2.17. The van der Waals surface area contributed by atoms with E-state index in [4.69, 9.17) is 0 Å². The Balaban J connectivity index is 2.04. The smallest absolute Gasteiger partial charge is 0.128 e. The average Bonchev–Trinajstić information content (AvgIpc) is 2.26. The van der Waals surface area contributed by atoms with E-state index in [-0.39, 0.29) is 5.82 Å². The van der Waals surface area contributed by atoms with Crippen molar-refractivity contribution in [2.24, 2.45) is 5.92 Å².